The van der Waals surface area contributed by atoms with Crippen molar-refractivity contribution >= 4 is 27.8 Å². The van der Waals surface area contributed by atoms with E-state index in [0.29, 0.717) is 11.4 Å². The van der Waals surface area contributed by atoms with Crippen molar-refractivity contribution in [2.24, 2.45) is 0 Å². The van der Waals surface area contributed by atoms with E-state index in [0.717, 1.165) is 52.4 Å². The number of hydrogen-bond acceptors (Lipinski definition) is 4. The molecule has 0 saturated carbocycles. The molecule has 0 atom stereocenters. The maximum Gasteiger partial charge on any atom is 0.127 e. The summed E-state index contributed by atoms with van der Waals surface area (Å²) in [5, 5.41) is 10.5. The smallest absolute Gasteiger partial charge is 0.127 e. The summed E-state index contributed by atoms with van der Waals surface area (Å²) in [6.45, 7) is 6.42. The minimum absolute atomic E-state index is 0.441. The molecule has 0 saturated heterocycles. The minimum atomic E-state index is 0.441. The highest BCUT2D eigenvalue weighted by Crippen LogP contribution is 2.37. The molecule has 0 aliphatic carbocycles. The number of fused-ring (bicyclic) bond motifs is 3. The summed E-state index contributed by atoms with van der Waals surface area (Å²) in [7, 11) is 0. The number of unbranched alkanes of at least 4 members (excludes halogenated alkanes) is 1. The number of aromatic nitrogens is 3. The summed E-state index contributed by atoms with van der Waals surface area (Å²) in [5.74, 6) is 0.441. The third-order valence-corrected chi connectivity index (χ3v) is 5.47. The fraction of sp³-hybridized carbons (Fsp3) is 0.261. The standard InChI is InChI=1S/C23H23N5/c1-4-5-7-16-10-9-14(2)21(15(16)3)28-22-18(17(12-24)23(28)25)13-27-19-8-6-11-26-20(19)22/h6,8-11,13H,4-5,7,25H2,1-3H3. The first-order valence-electron chi connectivity index (χ1n) is 9.61. The zero-order valence-electron chi connectivity index (χ0n) is 16.5. The molecule has 140 valence electrons. The number of aryl methyl sites for hydroxylation is 2. The topological polar surface area (TPSA) is 80.5 Å². The molecule has 4 rings (SSSR count). The highest BCUT2D eigenvalue weighted by molar-refractivity contribution is 6.07. The van der Waals surface area contributed by atoms with E-state index in [1.807, 2.05) is 16.7 Å². The van der Waals surface area contributed by atoms with Crippen LogP contribution in [0.1, 0.15) is 42.0 Å². The van der Waals surface area contributed by atoms with E-state index >= 15 is 0 Å². The van der Waals surface area contributed by atoms with Crippen molar-refractivity contribution in [1.29, 1.82) is 5.26 Å². The van der Waals surface area contributed by atoms with Gasteiger partial charge in [-0.15, -0.1) is 0 Å². The van der Waals surface area contributed by atoms with Crippen LogP contribution in [0.5, 0.6) is 0 Å². The first-order chi connectivity index (χ1) is 13.6. The number of nitrogen functional groups attached to an aromatic ring is 1. The molecule has 0 bridgehead atoms. The maximum atomic E-state index is 9.77. The lowest BCUT2D eigenvalue weighted by Crippen LogP contribution is -2.07. The SMILES string of the molecule is CCCCc1ccc(C)c(-n2c(N)c(C#N)c3cnc4cccnc4c32)c1C. The molecule has 0 fully saturated rings. The van der Waals surface area contributed by atoms with Crippen LogP contribution >= 0.6 is 0 Å². The Morgan fingerprint density at radius 3 is 2.75 bits per heavy atom. The van der Waals surface area contributed by atoms with Crippen LogP contribution in [0.3, 0.4) is 0 Å². The van der Waals surface area contributed by atoms with E-state index < -0.39 is 0 Å². The van der Waals surface area contributed by atoms with Crippen molar-refractivity contribution in [1.82, 2.24) is 14.5 Å². The van der Waals surface area contributed by atoms with Gasteiger partial charge in [0, 0.05) is 17.8 Å². The summed E-state index contributed by atoms with van der Waals surface area (Å²) in [5.41, 5.74) is 14.0. The molecule has 0 aliphatic heterocycles. The first kappa shape index (κ1) is 18.0. The van der Waals surface area contributed by atoms with Crippen LogP contribution in [0.25, 0.3) is 27.6 Å². The molecular formula is C23H23N5. The van der Waals surface area contributed by atoms with Gasteiger partial charge >= 0.3 is 0 Å². The molecule has 0 radical (unpaired) electrons. The third-order valence-electron chi connectivity index (χ3n) is 5.47. The molecule has 0 amide bonds. The van der Waals surface area contributed by atoms with Gasteiger partial charge in [-0.05, 0) is 55.5 Å². The van der Waals surface area contributed by atoms with Crippen molar-refractivity contribution in [3.05, 3.63) is 58.9 Å². The van der Waals surface area contributed by atoms with Gasteiger partial charge in [-0.25, -0.2) is 0 Å². The Labute approximate surface area is 164 Å². The molecule has 5 heteroatoms. The molecule has 0 unspecified atom stereocenters. The lowest BCUT2D eigenvalue weighted by Gasteiger charge is -2.18. The molecule has 0 spiro atoms. The van der Waals surface area contributed by atoms with Crippen LogP contribution in [-0.2, 0) is 6.42 Å². The summed E-state index contributed by atoms with van der Waals surface area (Å²) in [6, 6.07) is 10.4. The van der Waals surface area contributed by atoms with E-state index in [2.05, 4.69) is 48.9 Å². The Morgan fingerprint density at radius 1 is 1.18 bits per heavy atom. The Morgan fingerprint density at radius 2 is 2.00 bits per heavy atom. The third kappa shape index (κ3) is 2.61. The molecule has 0 aliphatic rings. The number of hydrogen-bond donors (Lipinski definition) is 1. The maximum absolute atomic E-state index is 9.77. The number of anilines is 1. The zero-order valence-corrected chi connectivity index (χ0v) is 16.5. The average molecular weight is 369 g/mol. The van der Waals surface area contributed by atoms with Crippen molar-refractivity contribution in [3.8, 4) is 11.8 Å². The predicted octanol–water partition coefficient (Wildman–Crippen LogP) is 4.99. The highest BCUT2D eigenvalue weighted by Gasteiger charge is 2.22. The van der Waals surface area contributed by atoms with Crippen molar-refractivity contribution < 1.29 is 0 Å². The summed E-state index contributed by atoms with van der Waals surface area (Å²) < 4.78 is 2.00. The van der Waals surface area contributed by atoms with E-state index in [9.17, 15) is 5.26 Å². The normalized spacial score (nSPS) is 11.2. The number of benzene rings is 1. The number of rotatable bonds is 4. The second kappa shape index (κ2) is 6.97. The second-order valence-corrected chi connectivity index (χ2v) is 7.22. The largest absolute Gasteiger partial charge is 0.384 e. The van der Waals surface area contributed by atoms with Gasteiger partial charge in [0.2, 0.25) is 0 Å². The van der Waals surface area contributed by atoms with Gasteiger partial charge < -0.3 is 5.73 Å². The number of pyridine rings is 2. The number of nitrogens with zero attached hydrogens (tertiary/aromatic N) is 4. The lowest BCUT2D eigenvalue weighted by molar-refractivity contribution is 0.789. The molecular weight excluding hydrogens is 346 g/mol. The fourth-order valence-corrected chi connectivity index (χ4v) is 4.00. The average Bonchev–Trinajstić information content (AvgIpc) is 2.99. The van der Waals surface area contributed by atoms with Gasteiger partial charge in [-0.3, -0.25) is 14.5 Å². The molecule has 5 nitrogen and oxygen atoms in total. The van der Waals surface area contributed by atoms with Gasteiger partial charge in [0.15, 0.2) is 0 Å². The van der Waals surface area contributed by atoms with E-state index in [1.54, 1.807) is 12.4 Å². The highest BCUT2D eigenvalue weighted by atomic mass is 15.1. The summed E-state index contributed by atoms with van der Waals surface area (Å²) in [6.07, 6.45) is 6.80. The molecule has 4 aromatic rings. The first-order valence-corrected chi connectivity index (χ1v) is 9.61. The van der Waals surface area contributed by atoms with Gasteiger partial charge in [0.1, 0.15) is 23.0 Å². The Hall–Kier alpha value is -3.39. The van der Waals surface area contributed by atoms with Gasteiger partial charge in [0.25, 0.3) is 0 Å². The molecule has 1 aromatic carbocycles. The molecule has 28 heavy (non-hydrogen) atoms. The van der Waals surface area contributed by atoms with E-state index in [1.165, 1.54) is 11.1 Å². The second-order valence-electron chi connectivity index (χ2n) is 7.22. The van der Waals surface area contributed by atoms with Crippen LogP contribution in [0.2, 0.25) is 0 Å². The van der Waals surface area contributed by atoms with Crippen LogP contribution < -0.4 is 5.73 Å². The van der Waals surface area contributed by atoms with E-state index in [-0.39, 0.29) is 0 Å². The van der Waals surface area contributed by atoms with Gasteiger partial charge in [-0.2, -0.15) is 5.26 Å². The van der Waals surface area contributed by atoms with Crippen molar-refractivity contribution in [2.45, 2.75) is 40.0 Å². The Bertz CT molecular complexity index is 1240. The van der Waals surface area contributed by atoms with Crippen LogP contribution in [0, 0.1) is 25.2 Å². The number of nitriles is 1. The quantitative estimate of drug-likeness (QED) is 0.550. The van der Waals surface area contributed by atoms with Gasteiger partial charge in [-0.1, -0.05) is 25.5 Å². The molecule has 3 heterocycles. The van der Waals surface area contributed by atoms with Crippen molar-refractivity contribution in [2.75, 3.05) is 5.73 Å². The van der Waals surface area contributed by atoms with Crippen molar-refractivity contribution in [3.63, 3.8) is 0 Å². The van der Waals surface area contributed by atoms with Crippen LogP contribution in [0.4, 0.5) is 5.82 Å². The summed E-state index contributed by atoms with van der Waals surface area (Å²) >= 11 is 0. The fourth-order valence-electron chi connectivity index (χ4n) is 4.00. The van der Waals surface area contributed by atoms with E-state index in [4.69, 9.17) is 5.73 Å². The Kier molecular flexibility index (Phi) is 4.48. The Balaban J connectivity index is 2.14. The minimum Gasteiger partial charge on any atom is -0.384 e. The number of nitrogens with two attached hydrogens (primary N) is 1. The summed E-state index contributed by atoms with van der Waals surface area (Å²) in [4.78, 5) is 9.05. The van der Waals surface area contributed by atoms with Crippen LogP contribution in [0.15, 0.2) is 36.7 Å². The predicted molar refractivity (Wildman–Crippen MR) is 114 cm³/mol. The molecule has 2 N–H and O–H groups in total. The van der Waals surface area contributed by atoms with Gasteiger partial charge in [0.05, 0.1) is 16.7 Å². The molecule has 3 aromatic heterocycles. The lowest BCUT2D eigenvalue weighted by atomic mass is 9.98. The monoisotopic (exact) mass is 369 g/mol. The zero-order chi connectivity index (χ0) is 19.8. The van der Waals surface area contributed by atoms with Crippen LogP contribution in [-0.4, -0.2) is 14.5 Å².